The van der Waals surface area contributed by atoms with Crippen LogP contribution in [0.3, 0.4) is 0 Å². The number of carbonyl (C=O) groups excluding carboxylic acids is 1. The molecule has 350 valence electrons. The van der Waals surface area contributed by atoms with Gasteiger partial charge in [-0.15, -0.1) is 0 Å². The molecule has 2 saturated heterocycles. The summed E-state index contributed by atoms with van der Waals surface area (Å²) in [5.41, 5.74) is 3.66. The number of aromatic nitrogens is 3. The van der Waals surface area contributed by atoms with Crippen LogP contribution < -0.4 is 19.7 Å². The number of fused-ring (bicyclic) bond motifs is 1. The maximum Gasteiger partial charge on any atom is 0.312 e. The van der Waals surface area contributed by atoms with Crippen LogP contribution in [0, 0.1) is 32.7 Å². The first kappa shape index (κ1) is 45.5. The van der Waals surface area contributed by atoms with Crippen molar-refractivity contribution < 1.29 is 32.0 Å². The molecule has 1 atom stereocenters. The Balaban J connectivity index is 0.907. The summed E-state index contributed by atoms with van der Waals surface area (Å²) in [4.78, 5) is 41.0. The number of ether oxygens (including phenoxy) is 2. The number of sulfonamides is 1. The highest BCUT2D eigenvalue weighted by molar-refractivity contribution is 7.90. The summed E-state index contributed by atoms with van der Waals surface area (Å²) in [6.07, 6.45) is 11.8. The number of nitro groups is 1. The number of halogens is 1. The van der Waals surface area contributed by atoms with Gasteiger partial charge < -0.3 is 24.7 Å². The van der Waals surface area contributed by atoms with Gasteiger partial charge in [-0.2, -0.15) is 0 Å². The molecule has 66 heavy (non-hydrogen) atoms. The minimum atomic E-state index is -4.66. The number of amides is 1. The van der Waals surface area contributed by atoms with Gasteiger partial charge in [-0.3, -0.25) is 19.8 Å². The average molecular weight is 923 g/mol. The van der Waals surface area contributed by atoms with Crippen LogP contribution in [0.15, 0.2) is 78.1 Å². The molecule has 1 amide bonds. The number of benzene rings is 2. The number of carbonyl (C=O) groups is 1. The Morgan fingerprint density at radius 3 is 2.53 bits per heavy atom. The number of nitrogens with zero attached hydrogens (tertiary/aromatic N) is 5. The molecule has 3 N–H and O–H groups in total. The van der Waals surface area contributed by atoms with Gasteiger partial charge in [-0.1, -0.05) is 52.0 Å². The largest absolute Gasteiger partial charge is 0.455 e. The van der Waals surface area contributed by atoms with Gasteiger partial charge in [-0.05, 0) is 103 Å². The highest BCUT2D eigenvalue weighted by atomic mass is 32.2. The summed E-state index contributed by atoms with van der Waals surface area (Å²) in [6, 6.07) is 16.7. The Morgan fingerprint density at radius 2 is 1.79 bits per heavy atom. The van der Waals surface area contributed by atoms with Crippen molar-refractivity contribution in [3.63, 3.8) is 0 Å². The van der Waals surface area contributed by atoms with E-state index in [1.54, 1.807) is 12.1 Å². The second-order valence-electron chi connectivity index (χ2n) is 19.9. The molecule has 9 rings (SSSR count). The van der Waals surface area contributed by atoms with E-state index in [0.717, 1.165) is 95.6 Å². The van der Waals surface area contributed by atoms with Crippen LogP contribution in [0.2, 0.25) is 0 Å². The topological polar surface area (TPSA) is 185 Å². The molecule has 5 heterocycles. The molecule has 0 radical (unpaired) electrons. The minimum Gasteiger partial charge on any atom is -0.455 e. The Kier molecular flexibility index (Phi) is 12.6. The zero-order valence-corrected chi connectivity index (χ0v) is 38.8. The summed E-state index contributed by atoms with van der Waals surface area (Å²) < 4.78 is 56.4. The maximum absolute atomic E-state index is 14.6. The van der Waals surface area contributed by atoms with Crippen molar-refractivity contribution in [1.82, 2.24) is 24.6 Å². The van der Waals surface area contributed by atoms with Crippen molar-refractivity contribution in [1.29, 1.82) is 0 Å². The number of rotatable bonds is 13. The van der Waals surface area contributed by atoms with Gasteiger partial charge in [0.2, 0.25) is 5.82 Å². The van der Waals surface area contributed by atoms with E-state index in [2.05, 4.69) is 86.8 Å². The Labute approximate surface area is 385 Å². The number of hydrogen-bond acceptors (Lipinski definition) is 12. The zero-order chi connectivity index (χ0) is 46.4. The molecule has 0 unspecified atom stereocenters. The highest BCUT2D eigenvalue weighted by Crippen LogP contribution is 2.53. The van der Waals surface area contributed by atoms with Crippen LogP contribution in [0.1, 0.15) is 113 Å². The van der Waals surface area contributed by atoms with Crippen molar-refractivity contribution in [3.05, 3.63) is 106 Å². The lowest BCUT2D eigenvalue weighted by Crippen LogP contribution is -2.58. The van der Waals surface area contributed by atoms with Gasteiger partial charge in [0, 0.05) is 56.2 Å². The number of nitrogens with one attached hydrogen (secondary N) is 3. The predicted molar refractivity (Wildman–Crippen MR) is 250 cm³/mol. The molecule has 2 saturated carbocycles. The lowest BCUT2D eigenvalue weighted by Gasteiger charge is -2.57. The van der Waals surface area contributed by atoms with Crippen molar-refractivity contribution >= 4 is 44.2 Å². The molecule has 17 heteroatoms. The first-order chi connectivity index (χ1) is 31.6. The third-order valence-electron chi connectivity index (χ3n) is 14.6. The fraction of sp³-hybridized carbons (Fsp3) is 0.490. The standard InChI is InChI=1S/C49H59FN8O7S/c1-31(2)37-7-5-6-8-38(37)43-30-64-20-19-57(43)34-24-49(25-34)15-17-56(18-16-49)33-9-10-39(44(21-33)65-35-22-40-41(50)29-54-45(40)52-27-35)47(59)55-66(62,63)36-23-42(58(60)61)46(53-28-36)51-26-32-11-13-48(3,4)14-12-32/h5-10,21-23,27-29,31-32,34,43H,11-20,24-26,30H2,1-4H3,(H,51,53)(H,52,54)(H,55,59)/t43-/m0/s1. The number of piperidine rings is 1. The minimum absolute atomic E-state index is 0.0241. The molecular formula is C49H59FN8O7S. The second-order valence-corrected chi connectivity index (χ2v) is 21.5. The summed E-state index contributed by atoms with van der Waals surface area (Å²) in [5.74, 6) is -0.723. The van der Waals surface area contributed by atoms with Crippen LogP contribution in [-0.4, -0.2) is 84.5 Å². The molecule has 15 nitrogen and oxygen atoms in total. The van der Waals surface area contributed by atoms with Gasteiger partial charge in [0.15, 0.2) is 0 Å². The summed E-state index contributed by atoms with van der Waals surface area (Å²) in [5, 5.41) is 15.4. The predicted octanol–water partition coefficient (Wildman–Crippen LogP) is 9.49. The molecule has 0 bridgehead atoms. The molecule has 4 fully saturated rings. The van der Waals surface area contributed by atoms with E-state index < -0.39 is 37.3 Å². The van der Waals surface area contributed by atoms with Gasteiger partial charge in [0.05, 0.1) is 47.5 Å². The Hall–Kier alpha value is -5.65. The first-order valence-corrected chi connectivity index (χ1v) is 24.6. The summed E-state index contributed by atoms with van der Waals surface area (Å²) >= 11 is 0. The number of aromatic amines is 1. The van der Waals surface area contributed by atoms with E-state index in [9.17, 15) is 27.7 Å². The average Bonchev–Trinajstić information content (AvgIpc) is 3.66. The zero-order valence-electron chi connectivity index (χ0n) is 38.0. The van der Waals surface area contributed by atoms with Gasteiger partial charge in [0.1, 0.15) is 27.9 Å². The van der Waals surface area contributed by atoms with Crippen LogP contribution in [-0.2, 0) is 14.8 Å². The Morgan fingerprint density at radius 1 is 1.03 bits per heavy atom. The van der Waals surface area contributed by atoms with E-state index in [0.29, 0.717) is 36.7 Å². The summed E-state index contributed by atoms with van der Waals surface area (Å²) in [6.45, 7) is 13.3. The SMILES string of the molecule is CC(C)c1ccccc1[C@@H]1COCCN1C1CC2(CCN(c3ccc(C(=O)NS(=O)(=O)c4cnc(NCC5CCC(C)(C)CC5)c([N+](=O)[O-])c4)c(Oc4cnc5[nH]cc(F)c5c4)c3)CC2)C1. The number of H-pyrrole nitrogens is 1. The third-order valence-corrected chi connectivity index (χ3v) is 15.9. The van der Waals surface area contributed by atoms with Crippen LogP contribution in [0.4, 0.5) is 21.6 Å². The Bertz CT molecular complexity index is 2720. The van der Waals surface area contributed by atoms with Gasteiger partial charge in [0.25, 0.3) is 15.9 Å². The van der Waals surface area contributed by atoms with Gasteiger partial charge in [-0.25, -0.2) is 27.5 Å². The van der Waals surface area contributed by atoms with Crippen LogP contribution >= 0.6 is 0 Å². The molecule has 5 aromatic rings. The van der Waals surface area contributed by atoms with Crippen molar-refractivity contribution in [2.75, 3.05) is 49.6 Å². The molecule has 1 spiro atoms. The molecular weight excluding hydrogens is 864 g/mol. The van der Waals surface area contributed by atoms with E-state index in [-0.39, 0.29) is 45.1 Å². The first-order valence-electron chi connectivity index (χ1n) is 23.1. The molecule has 3 aromatic heterocycles. The maximum atomic E-state index is 14.6. The van der Waals surface area contributed by atoms with Gasteiger partial charge >= 0.3 is 5.69 Å². The normalized spacial score (nSPS) is 20.3. The number of morpholine rings is 1. The van der Waals surface area contributed by atoms with E-state index in [1.165, 1.54) is 35.7 Å². The fourth-order valence-electron chi connectivity index (χ4n) is 10.6. The number of anilines is 2. The van der Waals surface area contributed by atoms with E-state index in [1.807, 2.05) is 0 Å². The lowest BCUT2D eigenvalue weighted by atomic mass is 9.59. The van der Waals surface area contributed by atoms with Crippen molar-refractivity contribution in [3.8, 4) is 11.5 Å². The van der Waals surface area contributed by atoms with Crippen molar-refractivity contribution in [2.45, 2.75) is 102 Å². The monoisotopic (exact) mass is 922 g/mol. The van der Waals surface area contributed by atoms with E-state index >= 15 is 0 Å². The molecule has 2 aliphatic carbocycles. The third kappa shape index (κ3) is 9.47. The highest BCUT2D eigenvalue weighted by Gasteiger charge is 2.50. The number of pyridine rings is 2. The number of hydrogen-bond donors (Lipinski definition) is 3. The quantitative estimate of drug-likeness (QED) is 0.0752. The van der Waals surface area contributed by atoms with Crippen molar-refractivity contribution in [2.24, 2.45) is 16.7 Å². The van der Waals surface area contributed by atoms with Crippen LogP contribution in [0.5, 0.6) is 11.5 Å². The summed E-state index contributed by atoms with van der Waals surface area (Å²) in [7, 11) is -4.66. The van der Waals surface area contributed by atoms with Crippen LogP contribution in [0.25, 0.3) is 11.0 Å². The van der Waals surface area contributed by atoms with E-state index in [4.69, 9.17) is 9.47 Å². The second kappa shape index (κ2) is 18.2. The fourth-order valence-corrected chi connectivity index (χ4v) is 11.5. The smallest absolute Gasteiger partial charge is 0.312 e. The lowest BCUT2D eigenvalue weighted by molar-refractivity contribution is -0.384. The molecule has 2 aromatic carbocycles. The molecule has 2 aliphatic heterocycles. The molecule has 4 aliphatic rings.